The maximum atomic E-state index is 11.6. The standard InChI is InChI=1S/C15H22N2O3/c1-12(2)11-20-14-6-4-13(5-7-14)17-15(18)10-16-8-9-19-3/h4-7,16H,1,8-11H2,2-3H3,(H,17,18). The lowest BCUT2D eigenvalue weighted by Crippen LogP contribution is -2.30. The van der Waals surface area contributed by atoms with Gasteiger partial charge in [-0.15, -0.1) is 0 Å². The Morgan fingerprint density at radius 2 is 2.00 bits per heavy atom. The highest BCUT2D eigenvalue weighted by Crippen LogP contribution is 2.16. The van der Waals surface area contributed by atoms with Gasteiger partial charge in [0.15, 0.2) is 0 Å². The number of anilines is 1. The Labute approximate surface area is 120 Å². The summed E-state index contributed by atoms with van der Waals surface area (Å²) in [5.74, 6) is 0.668. The summed E-state index contributed by atoms with van der Waals surface area (Å²) in [4.78, 5) is 11.6. The molecule has 0 atom stereocenters. The number of rotatable bonds is 9. The number of carbonyl (C=O) groups excluding carboxylic acids is 1. The predicted octanol–water partition coefficient (Wildman–Crippen LogP) is 1.82. The lowest BCUT2D eigenvalue weighted by atomic mass is 10.3. The molecule has 20 heavy (non-hydrogen) atoms. The van der Waals surface area contributed by atoms with E-state index in [2.05, 4.69) is 17.2 Å². The second-order valence-corrected chi connectivity index (χ2v) is 4.49. The molecule has 0 aliphatic rings. The number of benzene rings is 1. The third-order valence-corrected chi connectivity index (χ3v) is 2.39. The Hall–Kier alpha value is -1.85. The molecule has 0 spiro atoms. The van der Waals surface area contributed by atoms with Crippen molar-refractivity contribution in [3.05, 3.63) is 36.4 Å². The molecule has 1 rings (SSSR count). The van der Waals surface area contributed by atoms with Crippen LogP contribution in [-0.4, -0.2) is 39.3 Å². The minimum atomic E-state index is -0.0864. The van der Waals surface area contributed by atoms with E-state index in [0.717, 1.165) is 17.0 Å². The molecular formula is C15H22N2O3. The van der Waals surface area contributed by atoms with Crippen LogP contribution in [0.15, 0.2) is 36.4 Å². The average Bonchev–Trinajstić information content (AvgIpc) is 2.43. The van der Waals surface area contributed by atoms with Crippen molar-refractivity contribution in [3.63, 3.8) is 0 Å². The van der Waals surface area contributed by atoms with Crippen LogP contribution >= 0.6 is 0 Å². The molecule has 0 aromatic heterocycles. The van der Waals surface area contributed by atoms with Crippen LogP contribution in [0.4, 0.5) is 5.69 Å². The van der Waals surface area contributed by atoms with Crippen LogP contribution in [-0.2, 0) is 9.53 Å². The zero-order valence-corrected chi connectivity index (χ0v) is 12.1. The summed E-state index contributed by atoms with van der Waals surface area (Å²) < 4.78 is 10.4. The molecule has 0 radical (unpaired) electrons. The summed E-state index contributed by atoms with van der Waals surface area (Å²) >= 11 is 0. The first-order valence-corrected chi connectivity index (χ1v) is 6.48. The van der Waals surface area contributed by atoms with Gasteiger partial charge in [0.05, 0.1) is 13.2 Å². The lowest BCUT2D eigenvalue weighted by molar-refractivity contribution is -0.115. The quantitative estimate of drug-likeness (QED) is 0.534. The van der Waals surface area contributed by atoms with E-state index in [9.17, 15) is 4.79 Å². The Morgan fingerprint density at radius 1 is 1.30 bits per heavy atom. The molecule has 0 aliphatic carbocycles. The topological polar surface area (TPSA) is 59.6 Å². The van der Waals surface area contributed by atoms with E-state index in [4.69, 9.17) is 9.47 Å². The number of nitrogens with one attached hydrogen (secondary N) is 2. The van der Waals surface area contributed by atoms with E-state index in [1.165, 1.54) is 0 Å². The van der Waals surface area contributed by atoms with E-state index in [-0.39, 0.29) is 12.5 Å². The van der Waals surface area contributed by atoms with Crippen molar-refractivity contribution in [1.29, 1.82) is 0 Å². The van der Waals surface area contributed by atoms with E-state index < -0.39 is 0 Å². The number of amides is 1. The Balaban J connectivity index is 2.33. The largest absolute Gasteiger partial charge is 0.489 e. The smallest absolute Gasteiger partial charge is 0.238 e. The normalized spacial score (nSPS) is 10.1. The summed E-state index contributed by atoms with van der Waals surface area (Å²) in [5.41, 5.74) is 1.70. The highest BCUT2D eigenvalue weighted by molar-refractivity contribution is 5.92. The molecular weight excluding hydrogens is 256 g/mol. The molecule has 5 nitrogen and oxygen atoms in total. The molecule has 110 valence electrons. The zero-order valence-electron chi connectivity index (χ0n) is 12.1. The number of methoxy groups -OCH3 is 1. The molecule has 1 amide bonds. The van der Waals surface area contributed by atoms with Crippen LogP contribution in [0, 0.1) is 0 Å². The number of hydrogen-bond acceptors (Lipinski definition) is 4. The van der Waals surface area contributed by atoms with Crippen molar-refractivity contribution in [3.8, 4) is 5.75 Å². The molecule has 1 aromatic rings. The first kappa shape index (κ1) is 16.2. The minimum Gasteiger partial charge on any atom is -0.489 e. The van der Waals surface area contributed by atoms with Crippen LogP contribution in [0.3, 0.4) is 0 Å². The van der Waals surface area contributed by atoms with Crippen molar-refractivity contribution in [1.82, 2.24) is 5.32 Å². The molecule has 5 heteroatoms. The summed E-state index contributed by atoms with van der Waals surface area (Å²) in [7, 11) is 1.62. The van der Waals surface area contributed by atoms with Crippen LogP contribution in [0.5, 0.6) is 5.75 Å². The van der Waals surface area contributed by atoms with Crippen molar-refractivity contribution < 1.29 is 14.3 Å². The van der Waals surface area contributed by atoms with E-state index in [0.29, 0.717) is 19.8 Å². The second-order valence-electron chi connectivity index (χ2n) is 4.49. The molecule has 0 saturated carbocycles. The van der Waals surface area contributed by atoms with Crippen molar-refractivity contribution in [2.24, 2.45) is 0 Å². The first-order valence-electron chi connectivity index (χ1n) is 6.48. The molecule has 1 aromatic carbocycles. The van der Waals surface area contributed by atoms with Gasteiger partial charge in [0.2, 0.25) is 5.91 Å². The van der Waals surface area contributed by atoms with E-state index in [1.54, 1.807) is 19.2 Å². The maximum Gasteiger partial charge on any atom is 0.238 e. The molecule has 0 fully saturated rings. The van der Waals surface area contributed by atoms with Gasteiger partial charge in [0.1, 0.15) is 12.4 Å². The molecule has 0 unspecified atom stereocenters. The highest BCUT2D eigenvalue weighted by atomic mass is 16.5. The van der Waals surface area contributed by atoms with Gasteiger partial charge >= 0.3 is 0 Å². The maximum absolute atomic E-state index is 11.6. The van der Waals surface area contributed by atoms with Crippen LogP contribution in [0.2, 0.25) is 0 Å². The van der Waals surface area contributed by atoms with Gasteiger partial charge in [-0.25, -0.2) is 0 Å². The fourth-order valence-corrected chi connectivity index (χ4v) is 1.42. The predicted molar refractivity (Wildman–Crippen MR) is 80.1 cm³/mol. The third-order valence-electron chi connectivity index (χ3n) is 2.39. The molecule has 2 N–H and O–H groups in total. The SMILES string of the molecule is C=C(C)COc1ccc(NC(=O)CNCCOC)cc1. The van der Waals surface area contributed by atoms with Crippen LogP contribution < -0.4 is 15.4 Å². The van der Waals surface area contributed by atoms with Gasteiger partial charge in [-0.1, -0.05) is 6.58 Å². The van der Waals surface area contributed by atoms with Gasteiger partial charge < -0.3 is 20.1 Å². The minimum absolute atomic E-state index is 0.0864. The number of carbonyl (C=O) groups is 1. The summed E-state index contributed by atoms with van der Waals surface area (Å²) in [5, 5.41) is 5.77. The van der Waals surface area contributed by atoms with Gasteiger partial charge in [0.25, 0.3) is 0 Å². The summed E-state index contributed by atoms with van der Waals surface area (Å²) in [6, 6.07) is 7.25. The van der Waals surface area contributed by atoms with E-state index in [1.807, 2.05) is 19.1 Å². The van der Waals surface area contributed by atoms with Crippen molar-refractivity contribution in [2.45, 2.75) is 6.92 Å². The highest BCUT2D eigenvalue weighted by Gasteiger charge is 2.02. The monoisotopic (exact) mass is 278 g/mol. The van der Waals surface area contributed by atoms with E-state index >= 15 is 0 Å². The number of ether oxygens (including phenoxy) is 2. The fourth-order valence-electron chi connectivity index (χ4n) is 1.42. The number of hydrogen-bond donors (Lipinski definition) is 2. The Bertz CT molecular complexity index is 429. The molecule has 0 heterocycles. The second kappa shape index (κ2) is 9.12. The van der Waals surface area contributed by atoms with Crippen molar-refractivity contribution in [2.75, 3.05) is 38.7 Å². The van der Waals surface area contributed by atoms with Gasteiger partial charge in [-0.3, -0.25) is 4.79 Å². The Kier molecular flexibility index (Phi) is 7.39. The van der Waals surface area contributed by atoms with Gasteiger partial charge in [-0.2, -0.15) is 0 Å². The summed E-state index contributed by atoms with van der Waals surface area (Å²) in [6.07, 6.45) is 0. The first-order chi connectivity index (χ1) is 9.61. The Morgan fingerprint density at radius 3 is 2.60 bits per heavy atom. The summed E-state index contributed by atoms with van der Waals surface area (Å²) in [6.45, 7) is 7.67. The third kappa shape index (κ3) is 6.92. The fraction of sp³-hybridized carbons (Fsp3) is 0.400. The molecule has 0 bridgehead atoms. The zero-order chi connectivity index (χ0) is 14.8. The average molecular weight is 278 g/mol. The van der Waals surface area contributed by atoms with Gasteiger partial charge in [0, 0.05) is 19.3 Å². The van der Waals surface area contributed by atoms with Gasteiger partial charge in [-0.05, 0) is 36.8 Å². The lowest BCUT2D eigenvalue weighted by Gasteiger charge is -2.08. The van der Waals surface area contributed by atoms with Crippen LogP contribution in [0.1, 0.15) is 6.92 Å². The van der Waals surface area contributed by atoms with Crippen LogP contribution in [0.25, 0.3) is 0 Å². The van der Waals surface area contributed by atoms with Crippen molar-refractivity contribution >= 4 is 11.6 Å². The molecule has 0 saturated heterocycles. The molecule has 0 aliphatic heterocycles.